The zero-order valence-electron chi connectivity index (χ0n) is 12.2. The number of nitro benzene ring substituents is 1. The van der Waals surface area contributed by atoms with Crippen LogP contribution in [0.25, 0.3) is 10.8 Å². The second kappa shape index (κ2) is 6.39. The summed E-state index contributed by atoms with van der Waals surface area (Å²) in [5.41, 5.74) is 1.87. The molecule has 3 aromatic rings. The Morgan fingerprint density at radius 2 is 1.87 bits per heavy atom. The van der Waals surface area contributed by atoms with Crippen LogP contribution in [0.4, 0.5) is 15.8 Å². The Hall–Kier alpha value is -3.02. The number of hydrogen-bond donors (Lipinski definition) is 1. The van der Waals surface area contributed by atoms with Gasteiger partial charge in [0.05, 0.1) is 10.3 Å². The molecule has 0 saturated heterocycles. The summed E-state index contributed by atoms with van der Waals surface area (Å²) in [6.07, 6.45) is 3.83. The van der Waals surface area contributed by atoms with E-state index in [0.717, 1.165) is 23.1 Å². The fourth-order valence-electron chi connectivity index (χ4n) is 2.48. The van der Waals surface area contributed by atoms with Gasteiger partial charge in [-0.25, -0.2) is 4.39 Å². The summed E-state index contributed by atoms with van der Waals surface area (Å²) < 4.78 is 12.9. The number of benzene rings is 2. The number of halogens is 1. The van der Waals surface area contributed by atoms with Crippen LogP contribution in [0, 0.1) is 15.9 Å². The molecule has 0 aliphatic heterocycles. The van der Waals surface area contributed by atoms with Crippen molar-refractivity contribution in [2.45, 2.75) is 6.42 Å². The van der Waals surface area contributed by atoms with Crippen LogP contribution in [0.2, 0.25) is 0 Å². The predicted molar refractivity (Wildman–Crippen MR) is 87.0 cm³/mol. The Kier molecular flexibility index (Phi) is 4.14. The first-order valence-corrected chi connectivity index (χ1v) is 7.14. The largest absolute Gasteiger partial charge is 0.384 e. The molecule has 0 spiro atoms. The lowest BCUT2D eigenvalue weighted by molar-refractivity contribution is -0.383. The summed E-state index contributed by atoms with van der Waals surface area (Å²) in [6, 6.07) is 11.3. The molecule has 0 unspecified atom stereocenters. The second-order valence-corrected chi connectivity index (χ2v) is 5.11. The molecule has 1 aromatic heterocycles. The van der Waals surface area contributed by atoms with Crippen LogP contribution in [-0.4, -0.2) is 16.5 Å². The molecule has 0 saturated carbocycles. The van der Waals surface area contributed by atoms with E-state index in [-0.39, 0.29) is 11.5 Å². The van der Waals surface area contributed by atoms with E-state index >= 15 is 0 Å². The van der Waals surface area contributed by atoms with Crippen molar-refractivity contribution in [2.75, 3.05) is 11.9 Å². The van der Waals surface area contributed by atoms with E-state index in [2.05, 4.69) is 10.3 Å². The van der Waals surface area contributed by atoms with Crippen LogP contribution in [-0.2, 0) is 6.42 Å². The maximum atomic E-state index is 12.9. The van der Waals surface area contributed by atoms with Gasteiger partial charge in [0.15, 0.2) is 0 Å². The maximum absolute atomic E-state index is 12.9. The van der Waals surface area contributed by atoms with Crippen LogP contribution in [0.15, 0.2) is 54.9 Å². The zero-order valence-corrected chi connectivity index (χ0v) is 12.2. The number of nitrogens with one attached hydrogen (secondary N) is 1. The third-order valence-electron chi connectivity index (χ3n) is 3.63. The van der Waals surface area contributed by atoms with E-state index in [4.69, 9.17) is 0 Å². The summed E-state index contributed by atoms with van der Waals surface area (Å²) in [6.45, 7) is 0.640. The fourth-order valence-corrected chi connectivity index (χ4v) is 2.48. The van der Waals surface area contributed by atoms with Gasteiger partial charge in [-0.3, -0.25) is 15.1 Å². The van der Waals surface area contributed by atoms with Gasteiger partial charge in [-0.1, -0.05) is 12.1 Å². The average Bonchev–Trinajstić information content (AvgIpc) is 2.56. The molecule has 0 fully saturated rings. The highest BCUT2D eigenvalue weighted by atomic mass is 19.1. The topological polar surface area (TPSA) is 68.1 Å². The molecule has 0 aliphatic rings. The smallest absolute Gasteiger partial charge is 0.278 e. The lowest BCUT2D eigenvalue weighted by Crippen LogP contribution is -2.05. The van der Waals surface area contributed by atoms with Gasteiger partial charge in [-0.05, 0) is 36.2 Å². The van der Waals surface area contributed by atoms with Gasteiger partial charge in [0.1, 0.15) is 5.82 Å². The predicted octanol–water partition coefficient (Wildman–Crippen LogP) is 3.94. The first-order valence-electron chi connectivity index (χ1n) is 7.14. The van der Waals surface area contributed by atoms with Crippen LogP contribution in [0.3, 0.4) is 0 Å². The number of nitrogens with zero attached hydrogens (tertiary/aromatic N) is 2. The third-order valence-corrected chi connectivity index (χ3v) is 3.63. The van der Waals surface area contributed by atoms with Crippen LogP contribution in [0.5, 0.6) is 0 Å². The van der Waals surface area contributed by atoms with Crippen molar-refractivity contribution in [2.24, 2.45) is 0 Å². The Morgan fingerprint density at radius 1 is 1.09 bits per heavy atom. The Labute approximate surface area is 131 Å². The molecule has 0 atom stereocenters. The van der Waals surface area contributed by atoms with Crippen molar-refractivity contribution in [1.82, 2.24) is 4.98 Å². The summed E-state index contributed by atoms with van der Waals surface area (Å²) in [4.78, 5) is 14.6. The van der Waals surface area contributed by atoms with Crippen molar-refractivity contribution in [1.29, 1.82) is 0 Å². The summed E-state index contributed by atoms with van der Waals surface area (Å²) >= 11 is 0. The van der Waals surface area contributed by atoms with Gasteiger partial charge in [0.25, 0.3) is 5.69 Å². The summed E-state index contributed by atoms with van der Waals surface area (Å²) in [5.74, 6) is -0.254. The minimum Gasteiger partial charge on any atom is -0.384 e. The first-order chi connectivity index (χ1) is 11.1. The first kappa shape index (κ1) is 14.9. The number of pyridine rings is 1. The van der Waals surface area contributed by atoms with Gasteiger partial charge >= 0.3 is 0 Å². The maximum Gasteiger partial charge on any atom is 0.278 e. The molecule has 1 heterocycles. The quantitative estimate of drug-likeness (QED) is 0.572. The molecule has 23 heavy (non-hydrogen) atoms. The number of rotatable bonds is 5. The minimum atomic E-state index is -0.410. The minimum absolute atomic E-state index is 0.0391. The van der Waals surface area contributed by atoms with Crippen LogP contribution in [0.1, 0.15) is 5.56 Å². The van der Waals surface area contributed by atoms with E-state index in [1.165, 1.54) is 24.4 Å². The molecule has 0 radical (unpaired) electrons. The lowest BCUT2D eigenvalue weighted by Gasteiger charge is -2.10. The molecule has 2 aromatic carbocycles. The molecule has 116 valence electrons. The number of nitro groups is 1. The van der Waals surface area contributed by atoms with E-state index in [1.807, 2.05) is 0 Å². The number of hydrogen-bond acceptors (Lipinski definition) is 4. The van der Waals surface area contributed by atoms with Crippen molar-refractivity contribution in [3.05, 3.63) is 76.4 Å². The van der Waals surface area contributed by atoms with Gasteiger partial charge in [0.2, 0.25) is 0 Å². The third kappa shape index (κ3) is 3.26. The highest BCUT2D eigenvalue weighted by Crippen LogP contribution is 2.30. The highest BCUT2D eigenvalue weighted by Gasteiger charge is 2.13. The SMILES string of the molecule is O=[N+]([O-])c1ccc(NCCc2ccc(F)cc2)c2ccncc12. The molecule has 6 heteroatoms. The molecule has 0 bridgehead atoms. The number of non-ortho nitro benzene ring substituents is 1. The van der Waals surface area contributed by atoms with Crippen molar-refractivity contribution in [3.63, 3.8) is 0 Å². The molecule has 0 amide bonds. The molecular weight excluding hydrogens is 297 g/mol. The standard InChI is InChI=1S/C17H14FN3O2/c18-13-3-1-12(2-4-13)7-10-20-16-5-6-17(21(22)23)15-11-19-9-8-14(15)16/h1-6,8-9,11,20H,7,10H2. The fraction of sp³-hybridized carbons (Fsp3) is 0.118. The monoisotopic (exact) mass is 311 g/mol. The lowest BCUT2D eigenvalue weighted by atomic mass is 10.1. The summed E-state index contributed by atoms with van der Waals surface area (Å²) in [5, 5.41) is 15.6. The molecule has 0 aliphatic carbocycles. The molecule has 3 rings (SSSR count). The van der Waals surface area contributed by atoms with Gasteiger partial charge in [-0.15, -0.1) is 0 Å². The Balaban J connectivity index is 1.79. The van der Waals surface area contributed by atoms with Crippen LogP contribution >= 0.6 is 0 Å². The zero-order chi connectivity index (χ0) is 16.2. The Morgan fingerprint density at radius 3 is 2.61 bits per heavy atom. The normalized spacial score (nSPS) is 10.7. The second-order valence-electron chi connectivity index (χ2n) is 5.11. The molecular formula is C17H14FN3O2. The van der Waals surface area contributed by atoms with E-state index in [0.29, 0.717) is 11.9 Å². The molecule has 5 nitrogen and oxygen atoms in total. The van der Waals surface area contributed by atoms with E-state index in [9.17, 15) is 14.5 Å². The van der Waals surface area contributed by atoms with E-state index < -0.39 is 4.92 Å². The number of aromatic nitrogens is 1. The van der Waals surface area contributed by atoms with E-state index in [1.54, 1.807) is 30.5 Å². The number of fused-ring (bicyclic) bond motifs is 1. The van der Waals surface area contributed by atoms with Crippen molar-refractivity contribution < 1.29 is 9.31 Å². The van der Waals surface area contributed by atoms with Crippen molar-refractivity contribution in [3.8, 4) is 0 Å². The average molecular weight is 311 g/mol. The highest BCUT2D eigenvalue weighted by molar-refractivity contribution is 5.99. The van der Waals surface area contributed by atoms with Crippen molar-refractivity contribution >= 4 is 22.1 Å². The number of anilines is 1. The van der Waals surface area contributed by atoms with Gasteiger partial charge < -0.3 is 5.32 Å². The van der Waals surface area contributed by atoms with Crippen LogP contribution < -0.4 is 5.32 Å². The van der Waals surface area contributed by atoms with Gasteiger partial charge in [-0.2, -0.15) is 0 Å². The van der Waals surface area contributed by atoms with Gasteiger partial charge in [0, 0.05) is 36.1 Å². The summed E-state index contributed by atoms with van der Waals surface area (Å²) in [7, 11) is 0. The molecule has 1 N–H and O–H groups in total. The Bertz CT molecular complexity index is 850.